The summed E-state index contributed by atoms with van der Waals surface area (Å²) >= 11 is 0. The summed E-state index contributed by atoms with van der Waals surface area (Å²) < 4.78 is 52.5. The first-order valence-corrected chi connectivity index (χ1v) is 4.58. The first-order valence-electron chi connectivity index (χ1n) is 4.58. The molecule has 0 unspecified atom stereocenters. The average Bonchev–Trinajstić information content (AvgIpc) is 2.21. The zero-order chi connectivity index (χ0) is 12.9. The van der Waals surface area contributed by atoms with Crippen LogP contribution in [0.5, 0.6) is 5.75 Å². The van der Waals surface area contributed by atoms with E-state index in [4.69, 9.17) is 0 Å². The van der Waals surface area contributed by atoms with Gasteiger partial charge in [-0.05, 0) is 18.2 Å². The zero-order valence-electron chi connectivity index (χ0n) is 8.50. The summed E-state index contributed by atoms with van der Waals surface area (Å²) in [6, 6.07) is 2.64. The van der Waals surface area contributed by atoms with Gasteiger partial charge in [-0.15, -0.1) is 13.2 Å². The van der Waals surface area contributed by atoms with Gasteiger partial charge in [0, 0.05) is 12.0 Å². The Morgan fingerprint density at radius 1 is 1.29 bits per heavy atom. The molecule has 0 radical (unpaired) electrons. The maximum atomic E-state index is 13.2. The molecule has 17 heavy (non-hydrogen) atoms. The van der Waals surface area contributed by atoms with Crippen LogP contribution < -0.4 is 4.74 Å². The normalized spacial score (nSPS) is 11.8. The summed E-state index contributed by atoms with van der Waals surface area (Å²) in [4.78, 5) is 10.0. The smallest absolute Gasteiger partial charge is 0.406 e. The molecule has 1 rings (SSSR count). The molecule has 1 aromatic carbocycles. The zero-order valence-corrected chi connectivity index (χ0v) is 8.50. The average molecular weight is 248 g/mol. The van der Waals surface area contributed by atoms with Gasteiger partial charge in [0.25, 0.3) is 0 Å². The Morgan fingerprint density at radius 2 is 2.00 bits per heavy atom. The second-order valence-corrected chi connectivity index (χ2v) is 3.04. The minimum Gasteiger partial charge on any atom is -0.406 e. The molecule has 2 nitrogen and oxygen atoms in total. The molecule has 0 aliphatic heterocycles. The quantitative estimate of drug-likeness (QED) is 0.603. The summed E-state index contributed by atoms with van der Waals surface area (Å²) in [5.41, 5.74) is -0.0754. The van der Waals surface area contributed by atoms with Crippen molar-refractivity contribution < 1.29 is 27.1 Å². The maximum Gasteiger partial charge on any atom is 0.573 e. The lowest BCUT2D eigenvalue weighted by molar-refractivity contribution is -0.274. The van der Waals surface area contributed by atoms with Crippen molar-refractivity contribution in [2.75, 3.05) is 0 Å². The predicted octanol–water partition coefficient (Wildman–Crippen LogP) is 3.33. The van der Waals surface area contributed by atoms with Crippen LogP contribution in [-0.4, -0.2) is 12.6 Å². The number of aldehydes is 1. The second-order valence-electron chi connectivity index (χ2n) is 3.04. The van der Waals surface area contributed by atoms with Crippen LogP contribution in [0.3, 0.4) is 0 Å². The molecular formula is C11H8F4O2. The van der Waals surface area contributed by atoms with E-state index in [1.165, 1.54) is 12.2 Å². The van der Waals surface area contributed by atoms with Crippen molar-refractivity contribution in [2.24, 2.45) is 0 Å². The molecule has 0 saturated carbocycles. The molecule has 0 aliphatic carbocycles. The lowest BCUT2D eigenvalue weighted by Gasteiger charge is -2.09. The van der Waals surface area contributed by atoms with E-state index in [0.29, 0.717) is 6.29 Å². The Morgan fingerprint density at radius 3 is 2.59 bits per heavy atom. The lowest BCUT2D eigenvalue weighted by atomic mass is 10.2. The Hall–Kier alpha value is -1.85. The van der Waals surface area contributed by atoms with E-state index in [1.807, 2.05) is 0 Å². The van der Waals surface area contributed by atoms with E-state index in [9.17, 15) is 22.4 Å². The van der Waals surface area contributed by atoms with E-state index in [0.717, 1.165) is 18.2 Å². The Kier molecular flexibility index (Phi) is 4.25. The van der Waals surface area contributed by atoms with Gasteiger partial charge in [-0.25, -0.2) is 4.39 Å². The van der Waals surface area contributed by atoms with Crippen LogP contribution in [0, 0.1) is 5.82 Å². The number of rotatable bonds is 4. The second kappa shape index (κ2) is 5.47. The van der Waals surface area contributed by atoms with Gasteiger partial charge >= 0.3 is 6.36 Å². The molecule has 0 aliphatic rings. The highest BCUT2D eigenvalue weighted by molar-refractivity contribution is 5.59. The number of alkyl halides is 3. The van der Waals surface area contributed by atoms with Crippen LogP contribution in [0.4, 0.5) is 17.6 Å². The monoisotopic (exact) mass is 248 g/mol. The third-order valence-electron chi connectivity index (χ3n) is 1.73. The molecular weight excluding hydrogens is 240 g/mol. The lowest BCUT2D eigenvalue weighted by Crippen LogP contribution is -2.17. The van der Waals surface area contributed by atoms with Gasteiger partial charge < -0.3 is 9.53 Å². The Balaban J connectivity index is 2.90. The van der Waals surface area contributed by atoms with Gasteiger partial charge in [0.05, 0.1) is 0 Å². The van der Waals surface area contributed by atoms with Gasteiger partial charge in [0.15, 0.2) is 0 Å². The number of carbonyl (C=O) groups is 1. The number of carbonyl (C=O) groups excluding carboxylic acids is 1. The molecule has 0 spiro atoms. The third kappa shape index (κ3) is 4.67. The first-order chi connectivity index (χ1) is 7.92. The first kappa shape index (κ1) is 13.2. The number of ether oxygens (including phenoxy) is 1. The SMILES string of the molecule is O=CCC=Cc1cc(OC(F)(F)F)ccc1F. The fourth-order valence-electron chi connectivity index (χ4n) is 1.10. The highest BCUT2D eigenvalue weighted by Gasteiger charge is 2.31. The number of benzene rings is 1. The number of allylic oxidation sites excluding steroid dienone is 1. The highest BCUT2D eigenvalue weighted by atomic mass is 19.4. The minimum absolute atomic E-state index is 0.0593. The summed E-state index contributed by atoms with van der Waals surface area (Å²) in [6.45, 7) is 0. The van der Waals surface area contributed by atoms with E-state index < -0.39 is 17.9 Å². The molecule has 0 N–H and O–H groups in total. The maximum absolute atomic E-state index is 13.2. The van der Waals surface area contributed by atoms with Crippen molar-refractivity contribution in [3.05, 3.63) is 35.7 Å². The molecule has 0 aromatic heterocycles. The molecule has 0 heterocycles. The van der Waals surface area contributed by atoms with Crippen molar-refractivity contribution in [2.45, 2.75) is 12.8 Å². The topological polar surface area (TPSA) is 26.3 Å². The van der Waals surface area contributed by atoms with E-state index in [-0.39, 0.29) is 12.0 Å². The fraction of sp³-hybridized carbons (Fsp3) is 0.182. The predicted molar refractivity (Wildman–Crippen MR) is 52.8 cm³/mol. The standard InChI is InChI=1S/C11H8F4O2/c12-10-5-4-9(17-11(13,14)15)7-8(10)3-1-2-6-16/h1,3-7H,2H2. The van der Waals surface area contributed by atoms with E-state index in [1.54, 1.807) is 0 Å². The van der Waals surface area contributed by atoms with Crippen LogP contribution in [0.25, 0.3) is 6.08 Å². The van der Waals surface area contributed by atoms with Crippen LogP contribution in [0.15, 0.2) is 24.3 Å². The molecule has 6 heteroatoms. The van der Waals surface area contributed by atoms with Crippen LogP contribution in [0.2, 0.25) is 0 Å². The van der Waals surface area contributed by atoms with Gasteiger partial charge in [0.1, 0.15) is 17.9 Å². The highest BCUT2D eigenvalue weighted by Crippen LogP contribution is 2.25. The molecule has 0 amide bonds. The minimum atomic E-state index is -4.82. The molecule has 92 valence electrons. The van der Waals surface area contributed by atoms with Gasteiger partial charge in [-0.2, -0.15) is 0 Å². The summed E-state index contributed by atoms with van der Waals surface area (Å²) in [5, 5.41) is 0. The molecule has 0 atom stereocenters. The molecule has 0 fully saturated rings. The van der Waals surface area contributed by atoms with Crippen molar-refractivity contribution >= 4 is 12.4 Å². The van der Waals surface area contributed by atoms with Crippen molar-refractivity contribution in [1.82, 2.24) is 0 Å². The van der Waals surface area contributed by atoms with Crippen molar-refractivity contribution in [3.63, 3.8) is 0 Å². The molecule has 1 aromatic rings. The molecule has 0 saturated heterocycles. The van der Waals surface area contributed by atoms with Crippen molar-refractivity contribution in [1.29, 1.82) is 0 Å². The van der Waals surface area contributed by atoms with Crippen LogP contribution >= 0.6 is 0 Å². The number of hydrogen-bond donors (Lipinski definition) is 0. The van der Waals surface area contributed by atoms with Crippen molar-refractivity contribution in [3.8, 4) is 5.75 Å². The summed E-state index contributed by atoms with van der Waals surface area (Å²) in [6.07, 6.45) is -1.62. The summed E-state index contributed by atoms with van der Waals surface area (Å²) in [5.74, 6) is -1.20. The number of halogens is 4. The van der Waals surface area contributed by atoms with Crippen LogP contribution in [0.1, 0.15) is 12.0 Å². The summed E-state index contributed by atoms with van der Waals surface area (Å²) in [7, 11) is 0. The van der Waals surface area contributed by atoms with E-state index in [2.05, 4.69) is 4.74 Å². The Bertz CT molecular complexity index is 424. The fourth-order valence-corrected chi connectivity index (χ4v) is 1.10. The van der Waals surface area contributed by atoms with E-state index >= 15 is 0 Å². The van der Waals surface area contributed by atoms with Gasteiger partial charge in [-0.3, -0.25) is 0 Å². The largest absolute Gasteiger partial charge is 0.573 e. The van der Waals surface area contributed by atoms with Gasteiger partial charge in [0.2, 0.25) is 0 Å². The number of hydrogen-bond acceptors (Lipinski definition) is 2. The third-order valence-corrected chi connectivity index (χ3v) is 1.73. The molecule has 0 bridgehead atoms. The Labute approximate surface area is 94.5 Å². The van der Waals surface area contributed by atoms with Gasteiger partial charge in [-0.1, -0.05) is 12.2 Å². The van der Waals surface area contributed by atoms with Crippen LogP contribution in [-0.2, 0) is 4.79 Å².